The molecule has 2 amide bonds. The molecular weight excluding hydrogens is 268 g/mol. The molecule has 1 fully saturated rings. The Labute approximate surface area is 115 Å². The van der Waals surface area contributed by atoms with Crippen LogP contribution in [0.1, 0.15) is 6.42 Å². The second-order valence-electron chi connectivity index (χ2n) is 4.75. The van der Waals surface area contributed by atoms with Gasteiger partial charge in [0.1, 0.15) is 5.75 Å². The number of hydrogen-bond acceptors (Lipinski definition) is 3. The third kappa shape index (κ3) is 2.26. The number of nitrogens with one attached hydrogen (secondary N) is 1. The Morgan fingerprint density at radius 3 is 3.00 bits per heavy atom. The molecule has 1 aromatic carbocycles. The van der Waals surface area contributed by atoms with Gasteiger partial charge in [-0.2, -0.15) is 0 Å². The maximum absolute atomic E-state index is 11.9. The van der Waals surface area contributed by atoms with Crippen LogP contribution in [-0.2, 0) is 9.59 Å². The Kier molecular flexibility index (Phi) is 3.06. The van der Waals surface area contributed by atoms with Crippen molar-refractivity contribution in [3.63, 3.8) is 0 Å². The van der Waals surface area contributed by atoms with E-state index in [0.717, 1.165) is 5.69 Å². The molecule has 1 atom stereocenters. The van der Waals surface area contributed by atoms with Crippen LogP contribution in [0.25, 0.3) is 0 Å². The fourth-order valence-corrected chi connectivity index (χ4v) is 2.57. The molecule has 2 aliphatic heterocycles. The number of ether oxygens (including phenoxy) is 1. The molecule has 1 saturated heterocycles. The summed E-state index contributed by atoms with van der Waals surface area (Å²) in [6.07, 6.45) is 0.484. The third-order valence-corrected chi connectivity index (χ3v) is 3.77. The lowest BCUT2D eigenvalue weighted by Gasteiger charge is -2.22. The first kappa shape index (κ1) is 12.3. The van der Waals surface area contributed by atoms with Crippen molar-refractivity contribution >= 4 is 34.8 Å². The summed E-state index contributed by atoms with van der Waals surface area (Å²) in [6.45, 7) is 0.641. The van der Waals surface area contributed by atoms with E-state index in [1.54, 1.807) is 17.0 Å². The second-order valence-corrected chi connectivity index (χ2v) is 5.05. The number of halogens is 1. The predicted octanol–water partition coefficient (Wildman–Crippen LogP) is 1.61. The van der Waals surface area contributed by atoms with Gasteiger partial charge in [-0.25, -0.2) is 0 Å². The van der Waals surface area contributed by atoms with Crippen LogP contribution in [0.3, 0.4) is 0 Å². The van der Waals surface area contributed by atoms with Crippen LogP contribution in [0.4, 0.5) is 11.4 Å². The van der Waals surface area contributed by atoms with Gasteiger partial charge in [0.05, 0.1) is 5.69 Å². The zero-order chi connectivity index (χ0) is 13.4. The van der Waals surface area contributed by atoms with E-state index in [0.29, 0.717) is 30.3 Å². The van der Waals surface area contributed by atoms with Crippen molar-refractivity contribution in [1.82, 2.24) is 0 Å². The Morgan fingerprint density at radius 1 is 1.42 bits per heavy atom. The predicted molar refractivity (Wildman–Crippen MR) is 71.7 cm³/mol. The first-order valence-electron chi connectivity index (χ1n) is 6.10. The van der Waals surface area contributed by atoms with E-state index in [4.69, 9.17) is 16.3 Å². The number of nitrogens with zero attached hydrogens (tertiary/aromatic N) is 1. The minimum Gasteiger partial charge on any atom is -0.482 e. The number of rotatable bonds is 2. The average Bonchev–Trinajstić information content (AvgIpc) is 2.79. The lowest BCUT2D eigenvalue weighted by molar-refractivity contribution is -0.119. The first-order valence-corrected chi connectivity index (χ1v) is 6.64. The zero-order valence-electron chi connectivity index (χ0n) is 10.2. The number of benzene rings is 1. The molecule has 1 N–H and O–H groups in total. The van der Waals surface area contributed by atoms with Crippen molar-refractivity contribution in [3.8, 4) is 5.75 Å². The number of amides is 2. The number of carbonyl (C=O) groups excluding carboxylic acids is 2. The van der Waals surface area contributed by atoms with Crippen molar-refractivity contribution in [2.45, 2.75) is 6.42 Å². The van der Waals surface area contributed by atoms with Crippen LogP contribution < -0.4 is 15.0 Å². The Balaban J connectivity index is 1.86. The average molecular weight is 281 g/mol. The molecule has 0 radical (unpaired) electrons. The Hall–Kier alpha value is -1.75. The smallest absolute Gasteiger partial charge is 0.262 e. The van der Waals surface area contributed by atoms with Crippen LogP contribution >= 0.6 is 11.6 Å². The molecular formula is C13H13ClN2O3. The Morgan fingerprint density at radius 2 is 2.26 bits per heavy atom. The van der Waals surface area contributed by atoms with Crippen LogP contribution in [0, 0.1) is 5.92 Å². The highest BCUT2D eigenvalue weighted by atomic mass is 35.5. The normalized spacial score (nSPS) is 21.9. The molecule has 0 saturated carbocycles. The van der Waals surface area contributed by atoms with Gasteiger partial charge in [-0.15, -0.1) is 11.6 Å². The maximum Gasteiger partial charge on any atom is 0.262 e. The SMILES string of the molecule is O=C1COc2cc(N3CC(CCl)CC3=O)ccc2N1. The number of anilines is 2. The first-order chi connectivity index (χ1) is 9.17. The van der Waals surface area contributed by atoms with Crippen molar-refractivity contribution in [3.05, 3.63) is 18.2 Å². The largest absolute Gasteiger partial charge is 0.482 e. The van der Waals surface area contributed by atoms with Gasteiger partial charge < -0.3 is 15.0 Å². The highest BCUT2D eigenvalue weighted by molar-refractivity contribution is 6.18. The number of hydrogen-bond donors (Lipinski definition) is 1. The minimum atomic E-state index is -0.167. The van der Waals surface area contributed by atoms with E-state index in [2.05, 4.69) is 5.32 Å². The van der Waals surface area contributed by atoms with Gasteiger partial charge in [-0.05, 0) is 18.1 Å². The van der Waals surface area contributed by atoms with Crippen LogP contribution in [0.2, 0.25) is 0 Å². The number of fused-ring (bicyclic) bond motifs is 1. The number of alkyl halides is 1. The van der Waals surface area contributed by atoms with Crippen LogP contribution in [0.5, 0.6) is 5.75 Å². The molecule has 0 spiro atoms. The quantitative estimate of drug-likeness (QED) is 0.838. The molecule has 19 heavy (non-hydrogen) atoms. The molecule has 2 aliphatic rings. The summed E-state index contributed by atoms with van der Waals surface area (Å²) in [4.78, 5) is 24.8. The molecule has 0 bridgehead atoms. The van der Waals surface area contributed by atoms with E-state index >= 15 is 0 Å². The van der Waals surface area contributed by atoms with Crippen LogP contribution in [-0.4, -0.2) is 30.8 Å². The molecule has 1 aromatic rings. The summed E-state index contributed by atoms with van der Waals surface area (Å²) in [5.74, 6) is 1.19. The van der Waals surface area contributed by atoms with Crippen molar-refractivity contribution in [1.29, 1.82) is 0 Å². The fraction of sp³-hybridized carbons (Fsp3) is 0.385. The molecule has 6 heteroatoms. The van der Waals surface area contributed by atoms with E-state index in [-0.39, 0.29) is 24.3 Å². The summed E-state index contributed by atoms with van der Waals surface area (Å²) in [5.41, 5.74) is 1.42. The lowest BCUT2D eigenvalue weighted by Crippen LogP contribution is -2.27. The zero-order valence-corrected chi connectivity index (χ0v) is 10.9. The van der Waals surface area contributed by atoms with E-state index in [1.165, 1.54) is 0 Å². The van der Waals surface area contributed by atoms with Gasteiger partial charge >= 0.3 is 0 Å². The lowest BCUT2D eigenvalue weighted by atomic mass is 10.1. The molecule has 3 rings (SSSR count). The summed E-state index contributed by atoms with van der Waals surface area (Å²) in [6, 6.07) is 5.34. The molecule has 2 heterocycles. The number of carbonyl (C=O) groups is 2. The Bertz CT molecular complexity index is 547. The summed E-state index contributed by atoms with van der Waals surface area (Å²) in [7, 11) is 0. The molecule has 1 unspecified atom stereocenters. The van der Waals surface area contributed by atoms with Gasteiger partial charge in [0.2, 0.25) is 5.91 Å². The van der Waals surface area contributed by atoms with E-state index in [1.807, 2.05) is 6.07 Å². The maximum atomic E-state index is 11.9. The topological polar surface area (TPSA) is 58.6 Å². The van der Waals surface area contributed by atoms with Gasteiger partial charge in [0.15, 0.2) is 6.61 Å². The van der Waals surface area contributed by atoms with Crippen molar-refractivity contribution < 1.29 is 14.3 Å². The molecule has 0 aliphatic carbocycles. The highest BCUT2D eigenvalue weighted by Gasteiger charge is 2.30. The summed E-state index contributed by atoms with van der Waals surface area (Å²) >= 11 is 5.81. The van der Waals surface area contributed by atoms with Gasteiger partial charge in [-0.3, -0.25) is 9.59 Å². The second kappa shape index (κ2) is 4.74. The fourth-order valence-electron chi connectivity index (χ4n) is 2.37. The molecule has 5 nitrogen and oxygen atoms in total. The summed E-state index contributed by atoms with van der Waals surface area (Å²) < 4.78 is 5.35. The van der Waals surface area contributed by atoms with E-state index < -0.39 is 0 Å². The monoisotopic (exact) mass is 280 g/mol. The third-order valence-electron chi connectivity index (χ3n) is 3.33. The van der Waals surface area contributed by atoms with E-state index in [9.17, 15) is 9.59 Å². The van der Waals surface area contributed by atoms with Crippen molar-refractivity contribution in [2.75, 3.05) is 29.2 Å². The standard InChI is InChI=1S/C13H13ClN2O3/c14-5-8-3-13(18)16(6-8)9-1-2-10-11(4-9)19-7-12(17)15-10/h1-2,4,8H,3,5-7H2,(H,15,17). The van der Waals surface area contributed by atoms with Gasteiger partial charge in [-0.1, -0.05) is 0 Å². The minimum absolute atomic E-state index is 0.00864. The molecule has 100 valence electrons. The van der Waals surface area contributed by atoms with Crippen LogP contribution in [0.15, 0.2) is 18.2 Å². The van der Waals surface area contributed by atoms with Gasteiger partial charge in [0, 0.05) is 30.6 Å². The summed E-state index contributed by atoms with van der Waals surface area (Å²) in [5, 5.41) is 2.72. The molecule has 0 aromatic heterocycles. The van der Waals surface area contributed by atoms with Gasteiger partial charge in [0.25, 0.3) is 5.91 Å². The highest BCUT2D eigenvalue weighted by Crippen LogP contribution is 2.34. The van der Waals surface area contributed by atoms with Crippen molar-refractivity contribution in [2.24, 2.45) is 5.92 Å².